The lowest BCUT2D eigenvalue weighted by Crippen LogP contribution is -2.63. The number of imidazole rings is 1. The number of hydrogen-bond donors (Lipinski definition) is 23. The topological polar surface area (TPSA) is 614 Å². The number of carboxylic acids is 2. The highest BCUT2D eigenvalue weighted by Crippen LogP contribution is 2.25. The van der Waals surface area contributed by atoms with Crippen LogP contribution in [0.2, 0.25) is 0 Å². The first-order valence-corrected chi connectivity index (χ1v) is 42.7. The Labute approximate surface area is 745 Å². The zero-order chi connectivity index (χ0) is 92.8. The van der Waals surface area contributed by atoms with Gasteiger partial charge in [0, 0.05) is 103 Å². The summed E-state index contributed by atoms with van der Waals surface area (Å²) in [6.45, 7) is 3.56. The van der Waals surface area contributed by atoms with Gasteiger partial charge in [0.15, 0.2) is 0 Å². The number of amides is 14. The van der Waals surface area contributed by atoms with Crippen molar-refractivity contribution >= 4 is 142 Å². The number of thiol groups is 2. The molecule has 128 heavy (non-hydrogen) atoms. The van der Waals surface area contributed by atoms with E-state index in [1.165, 1.54) is 30.9 Å². The first-order valence-electron chi connectivity index (χ1n) is 41.4. The Kier molecular flexibility index (Phi) is 36.5. The first kappa shape index (κ1) is 98.1. The Bertz CT molecular complexity index is 5240. The number of aromatic amines is 3. The molecule has 1 saturated heterocycles. The summed E-state index contributed by atoms with van der Waals surface area (Å²) in [4.78, 5) is 238. The number of para-hydroxylation sites is 2. The molecule has 682 valence electrons. The monoisotopic (exact) mass is 1800 g/mol. The molecule has 0 aliphatic carbocycles. The third-order valence-electron chi connectivity index (χ3n) is 21.7. The van der Waals surface area contributed by atoms with Gasteiger partial charge in [-0.3, -0.25) is 71.9 Å². The molecule has 8 aromatic rings. The number of phenols is 1. The first-order chi connectivity index (χ1) is 61.2. The number of likely N-dealkylation sites (tertiary alicyclic amines) is 1. The normalized spacial score (nSPS) is 15.7. The van der Waals surface area contributed by atoms with Gasteiger partial charge in [-0.05, 0) is 90.6 Å². The molecule has 1 fully saturated rings. The van der Waals surface area contributed by atoms with Crippen LogP contribution in [0.25, 0.3) is 21.8 Å². The number of aliphatic hydroxyl groups excluding tert-OH is 1. The van der Waals surface area contributed by atoms with Gasteiger partial charge in [0.25, 0.3) is 0 Å². The van der Waals surface area contributed by atoms with E-state index in [9.17, 15) is 87.5 Å². The van der Waals surface area contributed by atoms with Crippen LogP contribution in [-0.2, 0) is 115 Å². The Morgan fingerprint density at radius 1 is 0.500 bits per heavy atom. The second-order valence-electron chi connectivity index (χ2n) is 31.2. The van der Waals surface area contributed by atoms with E-state index in [0.717, 1.165) is 22.7 Å². The van der Waals surface area contributed by atoms with Crippen LogP contribution in [0.3, 0.4) is 0 Å². The zero-order valence-corrected chi connectivity index (χ0v) is 72.0. The molecule has 0 bridgehead atoms. The maximum atomic E-state index is 15.0. The van der Waals surface area contributed by atoms with Gasteiger partial charge < -0.3 is 116 Å². The van der Waals surface area contributed by atoms with E-state index in [0.29, 0.717) is 44.4 Å². The van der Waals surface area contributed by atoms with Gasteiger partial charge in [-0.25, -0.2) is 9.78 Å². The number of aliphatic hydroxyl groups is 1. The number of nitrogens with two attached hydrogens (primary N) is 2. The van der Waals surface area contributed by atoms with Gasteiger partial charge in [0.2, 0.25) is 82.7 Å². The molecule has 3 aromatic heterocycles. The minimum absolute atomic E-state index is 0.0295. The molecule has 9 rings (SSSR count). The number of H-pyrrole nitrogens is 3. The van der Waals surface area contributed by atoms with Crippen LogP contribution >= 0.6 is 25.3 Å². The Morgan fingerprint density at radius 3 is 1.47 bits per heavy atom. The molecule has 0 saturated carbocycles. The number of nitrogens with one attached hydrogen (secondary N) is 15. The van der Waals surface area contributed by atoms with Crippen LogP contribution in [0.15, 0.2) is 158 Å². The van der Waals surface area contributed by atoms with Crippen molar-refractivity contribution in [3.63, 3.8) is 0 Å². The second kappa shape index (κ2) is 47.6. The summed E-state index contributed by atoms with van der Waals surface area (Å²) in [5, 5.41) is 73.3. The van der Waals surface area contributed by atoms with E-state index in [4.69, 9.17) is 11.5 Å². The standard InChI is InChI=1S/C87H107N19O20S2/c1-4-46(2)73(84(122)98-62(34-49-18-9-6-10-19-49)79(117)102-67(43-127)76(114)93-42-71(110)95-63(35-51-39-91-58-22-13-11-20-55(51)58)80(118)101-66(87(125)126)37-53-41-90-45-94-53)104-83(121)69-24-15-31-106(69)86(124)65(38-72(111)112)100-81(119)64(36-52-40-92-59-23-14-12-21-56(52)59)99-85(123)74(47(3)107)105-82(120)68(44-128)103-78(116)61(33-48-16-7-5-8-17-48)97-77(115)60(29-30-70(89)109)96-75(113)57(88)32-50-25-27-54(108)28-26-50/h5-14,16-23,25-28,39-41,45-47,57,60-69,73-74,91-92,107-108,127-128H,4,15,24,29-38,42-44,88H2,1-3H3,(H2,89,109)(H,90,94)(H,93,114)(H,95,110)(H,96,113)(H,97,115)(H,98,122)(H,99,123)(H,100,119)(H,101,118)(H,102,117)(H,103,116)(H,104,121)(H,105,120)(H,111,112)(H,125,126)/t46-,47+,57-,60-,61-,62-,63-,64-,65-,66-,67-,68-,69-,73-,74-/m0/s1. The van der Waals surface area contributed by atoms with E-state index in [1.54, 1.807) is 141 Å². The van der Waals surface area contributed by atoms with Gasteiger partial charge in [0.1, 0.15) is 78.3 Å². The lowest BCUT2D eigenvalue weighted by molar-refractivity contribution is -0.146. The maximum absolute atomic E-state index is 15.0. The number of hydrogen-bond acceptors (Lipinski definition) is 22. The van der Waals surface area contributed by atoms with Crippen molar-refractivity contribution in [3.8, 4) is 5.75 Å². The third-order valence-corrected chi connectivity index (χ3v) is 22.4. The summed E-state index contributed by atoms with van der Waals surface area (Å²) in [5.74, 6) is -18.0. The van der Waals surface area contributed by atoms with Crippen LogP contribution in [-0.4, -0.2) is 249 Å². The largest absolute Gasteiger partial charge is 0.508 e. The summed E-state index contributed by atoms with van der Waals surface area (Å²) in [5.41, 5.74) is 16.0. The van der Waals surface area contributed by atoms with Gasteiger partial charge in [-0.2, -0.15) is 25.3 Å². The highest BCUT2D eigenvalue weighted by molar-refractivity contribution is 7.80. The van der Waals surface area contributed by atoms with Gasteiger partial charge in [-0.1, -0.05) is 129 Å². The number of benzene rings is 5. The number of carbonyl (C=O) groups excluding carboxylic acids is 14. The fraction of sp³-hybridized carbons (Fsp3) is 0.391. The van der Waals surface area contributed by atoms with Gasteiger partial charge >= 0.3 is 11.9 Å². The minimum Gasteiger partial charge on any atom is -0.508 e. The number of aromatic nitrogens is 4. The van der Waals surface area contributed by atoms with Gasteiger partial charge in [0.05, 0.1) is 31.4 Å². The molecule has 1 aliphatic heterocycles. The van der Waals surface area contributed by atoms with Crippen molar-refractivity contribution < 1.29 is 97.1 Å². The summed E-state index contributed by atoms with van der Waals surface area (Å²) >= 11 is 8.65. The predicted octanol–water partition coefficient (Wildman–Crippen LogP) is -1.29. The number of fused-ring (bicyclic) bond motifs is 2. The number of aliphatic carboxylic acids is 2. The van der Waals surface area contributed by atoms with Crippen molar-refractivity contribution in [2.24, 2.45) is 17.4 Å². The van der Waals surface area contributed by atoms with Crippen LogP contribution < -0.4 is 75.3 Å². The Hall–Kier alpha value is -13.7. The predicted molar refractivity (Wildman–Crippen MR) is 473 cm³/mol. The van der Waals surface area contributed by atoms with Crippen LogP contribution in [0.1, 0.15) is 92.8 Å². The maximum Gasteiger partial charge on any atom is 0.326 e. The van der Waals surface area contributed by atoms with E-state index in [-0.39, 0.29) is 82.3 Å². The summed E-state index contributed by atoms with van der Waals surface area (Å²) in [6.07, 6.45) is 1.58. The van der Waals surface area contributed by atoms with E-state index >= 15 is 9.59 Å². The SMILES string of the molecule is CC[C@H](C)[C@H](NC(=O)[C@@H]1CCCN1C(=O)[C@H](CC(=O)O)NC(=O)[C@H](Cc1c[nH]c2ccccc12)NC(=O)[C@@H](NC(=O)[C@H](CS)NC(=O)[C@H](Cc1ccccc1)NC(=O)[C@H](CCC(N)=O)NC(=O)[C@@H](N)Cc1ccc(O)cc1)[C@@H](C)O)C(=O)N[C@@H](Cc1ccccc1)C(=O)N[C@@H](CS)C(=O)NCC(=O)N[C@@H](Cc1c[nH]c2ccccc12)C(=O)N[C@@H](Cc1cnc[nH]1)C(=O)O. The third kappa shape index (κ3) is 28.4. The Morgan fingerprint density at radius 2 is 0.961 bits per heavy atom. The van der Waals surface area contributed by atoms with Crippen LogP contribution in [0.5, 0.6) is 5.75 Å². The highest BCUT2D eigenvalue weighted by Gasteiger charge is 2.43. The summed E-state index contributed by atoms with van der Waals surface area (Å²) in [7, 11) is 0. The quantitative estimate of drug-likeness (QED) is 0.0197. The van der Waals surface area contributed by atoms with E-state index in [2.05, 4.69) is 109 Å². The van der Waals surface area contributed by atoms with Crippen molar-refractivity contribution in [1.29, 1.82) is 0 Å². The van der Waals surface area contributed by atoms with Crippen molar-refractivity contribution in [3.05, 3.63) is 192 Å². The fourth-order valence-electron chi connectivity index (χ4n) is 14.5. The van der Waals surface area contributed by atoms with E-state index in [1.807, 2.05) is 0 Å². The number of nitrogens with zero attached hydrogens (tertiary/aromatic N) is 2. The average molecular weight is 1800 g/mol. The summed E-state index contributed by atoms with van der Waals surface area (Å²) in [6, 6.07) is 16.4. The number of carbonyl (C=O) groups is 16. The number of carboxylic acid groups (broad SMARTS) is 2. The van der Waals surface area contributed by atoms with Crippen molar-refractivity contribution in [2.45, 2.75) is 182 Å². The molecule has 0 spiro atoms. The molecule has 41 heteroatoms. The molecular weight excluding hydrogens is 1700 g/mol. The highest BCUT2D eigenvalue weighted by atomic mass is 32.1. The van der Waals surface area contributed by atoms with Crippen molar-refractivity contribution in [1.82, 2.24) is 88.6 Å². The molecule has 23 N–H and O–H groups in total. The molecule has 14 amide bonds. The molecule has 39 nitrogen and oxygen atoms in total. The molecule has 4 heterocycles. The van der Waals surface area contributed by atoms with Crippen LogP contribution in [0.4, 0.5) is 0 Å². The minimum atomic E-state index is -1.96. The number of phenolic OH excluding ortho intramolecular Hbond substituents is 1. The van der Waals surface area contributed by atoms with Gasteiger partial charge in [-0.15, -0.1) is 0 Å². The molecule has 15 atom stereocenters. The number of aromatic hydroxyl groups is 1. The second-order valence-corrected chi connectivity index (χ2v) is 31.9. The summed E-state index contributed by atoms with van der Waals surface area (Å²) < 4.78 is 0. The molecule has 0 unspecified atom stereocenters. The Balaban J connectivity index is 0.867. The van der Waals surface area contributed by atoms with Crippen molar-refractivity contribution in [2.75, 3.05) is 24.6 Å². The molecule has 1 aliphatic rings. The average Bonchev–Trinajstić information content (AvgIpc) is 1.61. The van der Waals surface area contributed by atoms with Crippen LogP contribution in [0, 0.1) is 5.92 Å². The number of primary amides is 1. The molecule has 0 radical (unpaired) electrons. The smallest absolute Gasteiger partial charge is 0.326 e. The zero-order valence-electron chi connectivity index (χ0n) is 70.2. The lowest BCUT2D eigenvalue weighted by Gasteiger charge is -2.32. The molecular formula is C87H107N19O20S2. The van der Waals surface area contributed by atoms with E-state index < -0.39 is 210 Å². The number of rotatable bonds is 48. The molecule has 5 aromatic carbocycles. The lowest BCUT2D eigenvalue weighted by atomic mass is 9.96. The fourth-order valence-corrected chi connectivity index (χ4v) is 15.0.